The maximum absolute atomic E-state index is 12.0. The first-order valence-electron chi connectivity index (χ1n) is 6.36. The average Bonchev–Trinajstić information content (AvgIpc) is 2.48. The van der Waals surface area contributed by atoms with E-state index in [4.69, 9.17) is 5.73 Å². The van der Waals surface area contributed by atoms with E-state index in [1.54, 1.807) is 6.07 Å². The Balaban J connectivity index is 2.66. The molecule has 6 nitrogen and oxygen atoms in total. The van der Waals surface area contributed by atoms with Crippen LogP contribution in [-0.2, 0) is 4.79 Å². The zero-order chi connectivity index (χ0) is 14.8. The summed E-state index contributed by atoms with van der Waals surface area (Å²) in [6.07, 6.45) is 3.84. The fourth-order valence-corrected chi connectivity index (χ4v) is 1.42. The molecule has 0 bridgehead atoms. The summed E-state index contributed by atoms with van der Waals surface area (Å²) < 4.78 is 0. The number of hydrogen-bond donors (Lipinski definition) is 3. The summed E-state index contributed by atoms with van der Waals surface area (Å²) in [7, 11) is 0. The van der Waals surface area contributed by atoms with Gasteiger partial charge in [0.15, 0.2) is 0 Å². The number of pyridine rings is 1. The highest BCUT2D eigenvalue weighted by molar-refractivity contribution is 5.98. The average molecular weight is 274 g/mol. The lowest BCUT2D eigenvalue weighted by Gasteiger charge is -2.07. The molecular weight excluding hydrogens is 256 g/mol. The lowest BCUT2D eigenvalue weighted by atomic mass is 10.1. The van der Waals surface area contributed by atoms with Crippen molar-refractivity contribution in [3.05, 3.63) is 29.6 Å². The number of amides is 2. The maximum Gasteiger partial charge on any atom is 0.253 e. The van der Waals surface area contributed by atoms with Gasteiger partial charge in [-0.1, -0.05) is 18.8 Å². The van der Waals surface area contributed by atoms with Crippen LogP contribution in [0.3, 0.4) is 0 Å². The Morgan fingerprint density at radius 2 is 2.20 bits per heavy atom. The molecule has 0 aliphatic rings. The fraction of sp³-hybridized carbons (Fsp3) is 0.357. The van der Waals surface area contributed by atoms with E-state index < -0.39 is 0 Å². The smallest absolute Gasteiger partial charge is 0.253 e. The van der Waals surface area contributed by atoms with Crippen LogP contribution in [0.1, 0.15) is 29.3 Å². The van der Waals surface area contributed by atoms with Crippen molar-refractivity contribution in [3.8, 4) is 11.8 Å². The van der Waals surface area contributed by atoms with Gasteiger partial charge in [-0.2, -0.15) is 0 Å². The van der Waals surface area contributed by atoms with Crippen molar-refractivity contribution in [3.63, 3.8) is 0 Å². The molecule has 1 rings (SSSR count). The third-order valence-corrected chi connectivity index (χ3v) is 2.37. The molecule has 1 heterocycles. The second-order valence-electron chi connectivity index (χ2n) is 3.96. The van der Waals surface area contributed by atoms with Gasteiger partial charge in [0.25, 0.3) is 5.91 Å². The van der Waals surface area contributed by atoms with Gasteiger partial charge in [-0.05, 0) is 12.5 Å². The zero-order valence-electron chi connectivity index (χ0n) is 11.4. The third-order valence-electron chi connectivity index (χ3n) is 2.37. The number of nitrogens with zero attached hydrogens (tertiary/aromatic N) is 1. The van der Waals surface area contributed by atoms with E-state index in [0.717, 1.165) is 6.42 Å². The Morgan fingerprint density at radius 1 is 1.40 bits per heavy atom. The van der Waals surface area contributed by atoms with E-state index in [1.165, 1.54) is 12.4 Å². The molecule has 0 fully saturated rings. The number of nitrogens with one attached hydrogen (secondary N) is 2. The topological polar surface area (TPSA) is 97.1 Å². The van der Waals surface area contributed by atoms with Gasteiger partial charge >= 0.3 is 0 Å². The highest BCUT2D eigenvalue weighted by Gasteiger charge is 2.11. The van der Waals surface area contributed by atoms with Crippen molar-refractivity contribution < 1.29 is 9.59 Å². The van der Waals surface area contributed by atoms with Gasteiger partial charge < -0.3 is 16.4 Å². The van der Waals surface area contributed by atoms with Crippen LogP contribution in [0.15, 0.2) is 18.5 Å². The van der Waals surface area contributed by atoms with Crippen molar-refractivity contribution in [2.45, 2.75) is 13.3 Å². The second kappa shape index (κ2) is 8.67. The van der Waals surface area contributed by atoms with E-state index in [9.17, 15) is 9.59 Å². The molecule has 0 aliphatic carbocycles. The number of hydrogen-bond acceptors (Lipinski definition) is 4. The van der Waals surface area contributed by atoms with Crippen LogP contribution in [0.25, 0.3) is 0 Å². The van der Waals surface area contributed by atoms with Gasteiger partial charge in [-0.15, -0.1) is 0 Å². The summed E-state index contributed by atoms with van der Waals surface area (Å²) in [5.41, 5.74) is 6.17. The van der Waals surface area contributed by atoms with Crippen LogP contribution < -0.4 is 16.4 Å². The summed E-state index contributed by atoms with van der Waals surface area (Å²) in [5.74, 6) is 4.87. The highest BCUT2D eigenvalue weighted by atomic mass is 16.2. The van der Waals surface area contributed by atoms with Crippen molar-refractivity contribution in [1.82, 2.24) is 15.6 Å². The molecule has 1 aromatic heterocycles. The predicted octanol–water partition coefficient (Wildman–Crippen LogP) is -0.352. The van der Waals surface area contributed by atoms with Crippen LogP contribution in [-0.4, -0.2) is 36.4 Å². The Bertz CT molecular complexity index is 531. The lowest BCUT2D eigenvalue weighted by Crippen LogP contribution is -2.37. The first kappa shape index (κ1) is 15.7. The van der Waals surface area contributed by atoms with Gasteiger partial charge in [0.2, 0.25) is 5.91 Å². The molecule has 0 spiro atoms. The molecule has 4 N–H and O–H groups in total. The van der Waals surface area contributed by atoms with Crippen molar-refractivity contribution in [1.29, 1.82) is 0 Å². The van der Waals surface area contributed by atoms with Gasteiger partial charge in [-0.25, -0.2) is 0 Å². The van der Waals surface area contributed by atoms with Crippen LogP contribution in [0.2, 0.25) is 0 Å². The molecule has 0 aliphatic heterocycles. The summed E-state index contributed by atoms with van der Waals surface area (Å²) in [6, 6.07) is 1.56. The highest BCUT2D eigenvalue weighted by Crippen LogP contribution is 2.04. The molecule has 1 aromatic rings. The quantitative estimate of drug-likeness (QED) is 0.639. The number of carbonyl (C=O) groups excluding carboxylic acids is 2. The first-order valence-corrected chi connectivity index (χ1v) is 6.36. The largest absolute Gasteiger partial charge is 0.355 e. The van der Waals surface area contributed by atoms with Crippen molar-refractivity contribution >= 4 is 11.8 Å². The van der Waals surface area contributed by atoms with Gasteiger partial charge in [0.1, 0.15) is 0 Å². The molecule has 0 saturated heterocycles. The van der Waals surface area contributed by atoms with E-state index >= 15 is 0 Å². The maximum atomic E-state index is 12.0. The Labute approximate surface area is 118 Å². The third kappa shape index (κ3) is 5.08. The van der Waals surface area contributed by atoms with Crippen LogP contribution in [0, 0.1) is 11.8 Å². The molecule has 106 valence electrons. The minimum absolute atomic E-state index is 0.0646. The monoisotopic (exact) mass is 274 g/mol. The lowest BCUT2D eigenvalue weighted by molar-refractivity contribution is -0.120. The minimum Gasteiger partial charge on any atom is -0.355 e. The van der Waals surface area contributed by atoms with Crippen LogP contribution in [0.4, 0.5) is 0 Å². The Morgan fingerprint density at radius 3 is 2.90 bits per heavy atom. The van der Waals surface area contributed by atoms with E-state index in [1.807, 2.05) is 6.92 Å². The van der Waals surface area contributed by atoms with Crippen molar-refractivity contribution in [2.24, 2.45) is 5.73 Å². The SMILES string of the molecule is CCCNC(=O)CNC(=O)c1ccncc1C#CCN. The van der Waals surface area contributed by atoms with Gasteiger partial charge in [0, 0.05) is 18.9 Å². The molecule has 0 saturated carbocycles. The fourth-order valence-electron chi connectivity index (χ4n) is 1.42. The number of aromatic nitrogens is 1. The van der Waals surface area contributed by atoms with Crippen LogP contribution in [0.5, 0.6) is 0 Å². The molecule has 2 amide bonds. The van der Waals surface area contributed by atoms with E-state index in [2.05, 4.69) is 27.5 Å². The Hall–Kier alpha value is -2.39. The first-order chi connectivity index (χ1) is 9.69. The van der Waals surface area contributed by atoms with Crippen LogP contribution >= 0.6 is 0 Å². The minimum atomic E-state index is -0.361. The molecule has 0 atom stereocenters. The van der Waals surface area contributed by atoms with E-state index in [-0.39, 0.29) is 24.9 Å². The summed E-state index contributed by atoms with van der Waals surface area (Å²) >= 11 is 0. The second-order valence-corrected chi connectivity index (χ2v) is 3.96. The molecule has 0 aromatic carbocycles. The summed E-state index contributed by atoms with van der Waals surface area (Å²) in [5, 5.41) is 5.22. The number of nitrogens with two attached hydrogens (primary N) is 1. The normalized spacial score (nSPS) is 9.30. The van der Waals surface area contributed by atoms with Crippen molar-refractivity contribution in [2.75, 3.05) is 19.6 Å². The predicted molar refractivity (Wildman–Crippen MR) is 75.8 cm³/mol. The molecule has 0 radical (unpaired) electrons. The molecule has 20 heavy (non-hydrogen) atoms. The number of rotatable bonds is 5. The Kier molecular flexibility index (Phi) is 6.79. The summed E-state index contributed by atoms with van der Waals surface area (Å²) in [6.45, 7) is 2.69. The molecule has 0 unspecified atom stereocenters. The van der Waals surface area contributed by atoms with Gasteiger partial charge in [0.05, 0.1) is 24.2 Å². The van der Waals surface area contributed by atoms with Gasteiger partial charge in [-0.3, -0.25) is 14.6 Å². The molecule has 6 heteroatoms. The molecular formula is C14H18N4O2. The zero-order valence-corrected chi connectivity index (χ0v) is 11.4. The standard InChI is InChI=1S/C14H18N4O2/c1-2-7-17-13(19)10-18-14(20)12-5-8-16-9-11(12)4-3-6-15/h5,8-9H,2,6-7,10,15H2,1H3,(H,17,19)(H,18,20). The summed E-state index contributed by atoms with van der Waals surface area (Å²) in [4.78, 5) is 27.3. The number of carbonyl (C=O) groups is 2. The van der Waals surface area contributed by atoms with E-state index in [0.29, 0.717) is 17.7 Å².